The van der Waals surface area contributed by atoms with Crippen molar-refractivity contribution >= 4 is 0 Å². The molecule has 0 aliphatic rings. The zero-order valence-electron chi connectivity index (χ0n) is 16.4. The first kappa shape index (κ1) is 20.3. The Morgan fingerprint density at radius 3 is 1.36 bits per heavy atom. The number of rotatable bonds is 8. The molecule has 28 heavy (non-hydrogen) atoms. The highest BCUT2D eigenvalue weighted by Gasteiger charge is 2.38. The van der Waals surface area contributed by atoms with Crippen LogP contribution in [-0.2, 0) is 10.3 Å². The average Bonchev–Trinajstić information content (AvgIpc) is 2.75. The van der Waals surface area contributed by atoms with Crippen molar-refractivity contribution in [1.82, 2.24) is 0 Å². The molecule has 0 heterocycles. The lowest BCUT2D eigenvalue weighted by Gasteiger charge is -2.37. The predicted octanol–water partition coefficient (Wildman–Crippen LogP) is 4.37. The van der Waals surface area contributed by atoms with Crippen molar-refractivity contribution in [1.29, 1.82) is 0 Å². The molecule has 3 atom stereocenters. The summed E-state index contributed by atoms with van der Waals surface area (Å²) in [5, 5.41) is 20.0. The molecule has 3 rings (SSSR count). The lowest BCUT2D eigenvalue weighted by atomic mass is 9.80. The molecule has 0 bridgehead atoms. The average molecular weight is 376 g/mol. The SMILES string of the molecule is CC(O)C(O)C(C)COC(c1ccccc1)(c1ccccc1)c1ccccc1. The smallest absolute Gasteiger partial charge is 0.143 e. The Kier molecular flexibility index (Phi) is 6.63. The lowest BCUT2D eigenvalue weighted by molar-refractivity contribution is -0.0630. The fourth-order valence-electron chi connectivity index (χ4n) is 3.60. The van der Waals surface area contributed by atoms with Gasteiger partial charge in [-0.2, -0.15) is 0 Å². The number of aliphatic hydroxyl groups is 2. The first-order chi connectivity index (χ1) is 13.6. The van der Waals surface area contributed by atoms with Crippen LogP contribution in [0.25, 0.3) is 0 Å². The Morgan fingerprint density at radius 1 is 0.679 bits per heavy atom. The molecule has 3 nitrogen and oxygen atoms in total. The molecule has 0 saturated carbocycles. The molecule has 3 unspecified atom stereocenters. The number of benzene rings is 3. The summed E-state index contributed by atoms with van der Waals surface area (Å²) in [7, 11) is 0. The minimum absolute atomic E-state index is 0.226. The van der Waals surface area contributed by atoms with Gasteiger partial charge in [-0.15, -0.1) is 0 Å². The zero-order valence-corrected chi connectivity index (χ0v) is 16.4. The molecular formula is C25H28O3. The van der Waals surface area contributed by atoms with E-state index in [0.29, 0.717) is 6.61 Å². The van der Waals surface area contributed by atoms with Crippen LogP contribution < -0.4 is 0 Å². The molecule has 0 aliphatic carbocycles. The van der Waals surface area contributed by atoms with Gasteiger partial charge in [-0.1, -0.05) is 97.9 Å². The summed E-state index contributed by atoms with van der Waals surface area (Å²) in [5.74, 6) is -0.226. The fraction of sp³-hybridized carbons (Fsp3) is 0.280. The molecule has 0 spiro atoms. The molecule has 0 aromatic heterocycles. The Balaban J connectivity index is 2.11. The summed E-state index contributed by atoms with van der Waals surface area (Å²) in [6.07, 6.45) is -1.65. The van der Waals surface area contributed by atoms with Gasteiger partial charge in [0.05, 0.1) is 18.8 Å². The van der Waals surface area contributed by atoms with Crippen LogP contribution >= 0.6 is 0 Å². The zero-order chi connectivity index (χ0) is 20.0. The van der Waals surface area contributed by atoms with Crippen LogP contribution in [0.15, 0.2) is 91.0 Å². The second-order valence-corrected chi connectivity index (χ2v) is 7.30. The highest BCUT2D eigenvalue weighted by Crippen LogP contribution is 2.40. The molecule has 0 aliphatic heterocycles. The van der Waals surface area contributed by atoms with Gasteiger partial charge < -0.3 is 14.9 Å². The van der Waals surface area contributed by atoms with Crippen LogP contribution in [0.5, 0.6) is 0 Å². The van der Waals surface area contributed by atoms with Gasteiger partial charge in [0.25, 0.3) is 0 Å². The highest BCUT2D eigenvalue weighted by molar-refractivity contribution is 5.47. The van der Waals surface area contributed by atoms with Crippen molar-refractivity contribution in [3.05, 3.63) is 108 Å². The van der Waals surface area contributed by atoms with Gasteiger partial charge in [0.15, 0.2) is 0 Å². The van der Waals surface area contributed by atoms with E-state index in [1.54, 1.807) is 6.92 Å². The van der Waals surface area contributed by atoms with Gasteiger partial charge in [-0.25, -0.2) is 0 Å². The van der Waals surface area contributed by atoms with Gasteiger partial charge >= 0.3 is 0 Å². The molecule has 0 amide bonds. The molecule has 0 fully saturated rings. The van der Waals surface area contributed by atoms with Crippen LogP contribution in [0.4, 0.5) is 0 Å². The van der Waals surface area contributed by atoms with Gasteiger partial charge in [0.1, 0.15) is 5.60 Å². The molecule has 0 radical (unpaired) electrons. The molecule has 3 heteroatoms. The van der Waals surface area contributed by atoms with E-state index in [9.17, 15) is 10.2 Å². The minimum atomic E-state index is -0.847. The summed E-state index contributed by atoms with van der Waals surface area (Å²) < 4.78 is 6.65. The lowest BCUT2D eigenvalue weighted by Crippen LogP contribution is -2.38. The van der Waals surface area contributed by atoms with Crippen LogP contribution in [0.1, 0.15) is 30.5 Å². The molecular weight excluding hydrogens is 348 g/mol. The quantitative estimate of drug-likeness (QED) is 0.574. The van der Waals surface area contributed by atoms with E-state index < -0.39 is 17.8 Å². The van der Waals surface area contributed by atoms with Crippen molar-refractivity contribution in [2.45, 2.75) is 31.7 Å². The normalized spacial score (nSPS) is 15.0. The second-order valence-electron chi connectivity index (χ2n) is 7.30. The fourth-order valence-corrected chi connectivity index (χ4v) is 3.60. The maximum absolute atomic E-state index is 10.3. The summed E-state index contributed by atoms with van der Waals surface area (Å²) in [4.78, 5) is 0. The first-order valence-electron chi connectivity index (χ1n) is 9.72. The standard InChI is InChI=1S/C25H28O3/c1-19(24(27)20(2)26)18-28-25(21-12-6-3-7-13-21,22-14-8-4-9-15-22)23-16-10-5-11-17-23/h3-17,19-20,24,26-27H,18H2,1-2H3. The van der Waals surface area contributed by atoms with Crippen LogP contribution in [0.2, 0.25) is 0 Å². The third kappa shape index (κ3) is 4.17. The topological polar surface area (TPSA) is 49.7 Å². The van der Waals surface area contributed by atoms with E-state index in [-0.39, 0.29) is 5.92 Å². The second kappa shape index (κ2) is 9.16. The Morgan fingerprint density at radius 2 is 1.04 bits per heavy atom. The van der Waals surface area contributed by atoms with E-state index in [1.165, 1.54) is 0 Å². The number of ether oxygens (including phenoxy) is 1. The van der Waals surface area contributed by atoms with E-state index in [2.05, 4.69) is 36.4 Å². The third-order valence-corrected chi connectivity index (χ3v) is 5.18. The Hall–Kier alpha value is -2.46. The van der Waals surface area contributed by atoms with Crippen LogP contribution in [0, 0.1) is 5.92 Å². The van der Waals surface area contributed by atoms with Crippen molar-refractivity contribution < 1.29 is 14.9 Å². The number of aliphatic hydroxyl groups excluding tert-OH is 2. The summed E-state index contributed by atoms with van der Waals surface area (Å²) >= 11 is 0. The largest absolute Gasteiger partial charge is 0.391 e. The summed E-state index contributed by atoms with van der Waals surface area (Å²) in [5.41, 5.74) is 2.25. The van der Waals surface area contributed by atoms with E-state index in [4.69, 9.17) is 4.74 Å². The van der Waals surface area contributed by atoms with Crippen LogP contribution in [-0.4, -0.2) is 29.0 Å². The van der Waals surface area contributed by atoms with E-state index in [0.717, 1.165) is 16.7 Å². The van der Waals surface area contributed by atoms with E-state index >= 15 is 0 Å². The predicted molar refractivity (Wildman–Crippen MR) is 112 cm³/mol. The summed E-state index contributed by atoms with van der Waals surface area (Å²) in [6.45, 7) is 3.79. The maximum Gasteiger partial charge on any atom is 0.143 e. The van der Waals surface area contributed by atoms with Crippen molar-refractivity contribution in [3.63, 3.8) is 0 Å². The van der Waals surface area contributed by atoms with Crippen molar-refractivity contribution in [2.75, 3.05) is 6.61 Å². The first-order valence-corrected chi connectivity index (χ1v) is 9.72. The van der Waals surface area contributed by atoms with Crippen molar-refractivity contribution in [2.24, 2.45) is 5.92 Å². The van der Waals surface area contributed by atoms with Gasteiger partial charge in [0.2, 0.25) is 0 Å². The Labute approximate surface area is 167 Å². The van der Waals surface area contributed by atoms with Crippen molar-refractivity contribution in [3.8, 4) is 0 Å². The monoisotopic (exact) mass is 376 g/mol. The molecule has 146 valence electrons. The van der Waals surface area contributed by atoms with Gasteiger partial charge in [-0.3, -0.25) is 0 Å². The van der Waals surface area contributed by atoms with Gasteiger partial charge in [-0.05, 0) is 23.6 Å². The molecule has 0 saturated heterocycles. The number of hydrogen-bond donors (Lipinski definition) is 2. The minimum Gasteiger partial charge on any atom is -0.391 e. The Bertz CT molecular complexity index is 735. The third-order valence-electron chi connectivity index (χ3n) is 5.18. The molecule has 3 aromatic carbocycles. The highest BCUT2D eigenvalue weighted by atomic mass is 16.5. The number of hydrogen-bond acceptors (Lipinski definition) is 3. The van der Waals surface area contributed by atoms with E-state index in [1.807, 2.05) is 61.5 Å². The molecule has 2 N–H and O–H groups in total. The summed E-state index contributed by atoms with van der Waals surface area (Å²) in [6, 6.07) is 30.4. The maximum atomic E-state index is 10.3. The van der Waals surface area contributed by atoms with Gasteiger partial charge in [0, 0.05) is 5.92 Å². The van der Waals surface area contributed by atoms with Crippen LogP contribution in [0.3, 0.4) is 0 Å². The molecule has 3 aromatic rings.